The summed E-state index contributed by atoms with van der Waals surface area (Å²) in [5, 5.41) is 0.733. The number of benzene rings is 2. The Bertz CT molecular complexity index is 542. The van der Waals surface area contributed by atoms with Crippen molar-refractivity contribution in [2.24, 2.45) is 5.73 Å². The number of thioether (sulfide) groups is 1. The van der Waals surface area contributed by atoms with Crippen LogP contribution in [-0.2, 0) is 18.1 Å². The number of halogens is 2. The van der Waals surface area contributed by atoms with Gasteiger partial charge in [-0.2, -0.15) is 11.8 Å². The summed E-state index contributed by atoms with van der Waals surface area (Å²) in [7, 11) is 0. The van der Waals surface area contributed by atoms with E-state index in [4.69, 9.17) is 17.3 Å². The number of rotatable bonds is 5. The highest BCUT2D eigenvalue weighted by atomic mass is 35.5. The first-order valence-electron chi connectivity index (χ1n) is 5.98. The van der Waals surface area contributed by atoms with Gasteiger partial charge in [-0.3, -0.25) is 0 Å². The minimum atomic E-state index is -0.174. The summed E-state index contributed by atoms with van der Waals surface area (Å²) in [6.45, 7) is 0.370. The summed E-state index contributed by atoms with van der Waals surface area (Å²) in [5.74, 6) is 1.32. The first-order chi connectivity index (χ1) is 9.19. The smallest absolute Gasteiger partial charge is 0.127 e. The van der Waals surface area contributed by atoms with Crippen LogP contribution in [0.25, 0.3) is 0 Å². The molecule has 0 atom stereocenters. The third-order valence-electron chi connectivity index (χ3n) is 2.79. The Hall–Kier alpha value is -1.03. The number of hydrogen-bond donors (Lipinski definition) is 1. The molecule has 0 aromatic heterocycles. The highest BCUT2D eigenvalue weighted by Gasteiger charge is 2.03. The molecule has 0 aliphatic rings. The largest absolute Gasteiger partial charge is 0.326 e. The second kappa shape index (κ2) is 6.94. The predicted octanol–water partition coefficient (Wildman–Crippen LogP) is 4.37. The Kier molecular flexibility index (Phi) is 5.25. The van der Waals surface area contributed by atoms with Gasteiger partial charge in [0.2, 0.25) is 0 Å². The molecule has 0 aliphatic carbocycles. The highest BCUT2D eigenvalue weighted by Crippen LogP contribution is 2.21. The lowest BCUT2D eigenvalue weighted by Crippen LogP contribution is -1.98. The van der Waals surface area contributed by atoms with Crippen LogP contribution in [0.1, 0.15) is 16.7 Å². The van der Waals surface area contributed by atoms with Crippen molar-refractivity contribution >= 4 is 23.4 Å². The van der Waals surface area contributed by atoms with Crippen LogP contribution in [0.5, 0.6) is 0 Å². The normalized spacial score (nSPS) is 10.7. The van der Waals surface area contributed by atoms with Gasteiger partial charge >= 0.3 is 0 Å². The highest BCUT2D eigenvalue weighted by molar-refractivity contribution is 7.97. The van der Waals surface area contributed by atoms with Crippen molar-refractivity contribution in [2.75, 3.05) is 0 Å². The summed E-state index contributed by atoms with van der Waals surface area (Å²) in [5.41, 5.74) is 8.20. The molecule has 4 heteroatoms. The molecule has 2 N–H and O–H groups in total. The molecule has 0 unspecified atom stereocenters. The van der Waals surface area contributed by atoms with Crippen molar-refractivity contribution in [1.82, 2.24) is 0 Å². The van der Waals surface area contributed by atoms with Crippen LogP contribution in [0.3, 0.4) is 0 Å². The van der Waals surface area contributed by atoms with Gasteiger partial charge in [-0.15, -0.1) is 0 Å². The maximum absolute atomic E-state index is 13.7. The van der Waals surface area contributed by atoms with E-state index in [9.17, 15) is 4.39 Å². The van der Waals surface area contributed by atoms with Crippen LogP contribution in [0.2, 0.25) is 5.02 Å². The molecule has 2 rings (SSSR count). The molecule has 0 bridgehead atoms. The maximum atomic E-state index is 13.7. The SMILES string of the molecule is NCc1ccc(CSCc2ccc(Cl)cc2)c(F)c1. The van der Waals surface area contributed by atoms with Crippen molar-refractivity contribution in [1.29, 1.82) is 0 Å². The average Bonchev–Trinajstić information content (AvgIpc) is 2.42. The van der Waals surface area contributed by atoms with Crippen LogP contribution >= 0.6 is 23.4 Å². The van der Waals surface area contributed by atoms with E-state index in [-0.39, 0.29) is 5.82 Å². The Balaban J connectivity index is 1.90. The van der Waals surface area contributed by atoms with E-state index in [1.54, 1.807) is 11.8 Å². The van der Waals surface area contributed by atoms with Gasteiger partial charge in [0.15, 0.2) is 0 Å². The monoisotopic (exact) mass is 295 g/mol. The van der Waals surface area contributed by atoms with Crippen LogP contribution in [0.4, 0.5) is 4.39 Å². The van der Waals surface area contributed by atoms with E-state index in [0.717, 1.165) is 21.9 Å². The van der Waals surface area contributed by atoms with Crippen molar-refractivity contribution in [2.45, 2.75) is 18.1 Å². The summed E-state index contributed by atoms with van der Waals surface area (Å²) >= 11 is 7.50. The van der Waals surface area contributed by atoms with Gasteiger partial charge in [-0.1, -0.05) is 35.9 Å². The molecule has 0 heterocycles. The molecule has 2 aromatic carbocycles. The van der Waals surface area contributed by atoms with Gasteiger partial charge in [-0.05, 0) is 34.9 Å². The topological polar surface area (TPSA) is 26.0 Å². The Labute approximate surface area is 122 Å². The van der Waals surface area contributed by atoms with E-state index in [1.807, 2.05) is 36.4 Å². The fraction of sp³-hybridized carbons (Fsp3) is 0.200. The van der Waals surface area contributed by atoms with Gasteiger partial charge < -0.3 is 5.73 Å². The lowest BCUT2D eigenvalue weighted by molar-refractivity contribution is 0.615. The summed E-state index contributed by atoms with van der Waals surface area (Å²) in [6, 6.07) is 12.9. The van der Waals surface area contributed by atoms with Crippen LogP contribution in [0, 0.1) is 5.82 Å². The van der Waals surface area contributed by atoms with Gasteiger partial charge in [-0.25, -0.2) is 4.39 Å². The number of hydrogen-bond acceptors (Lipinski definition) is 2. The molecule has 1 nitrogen and oxygen atoms in total. The van der Waals surface area contributed by atoms with E-state index in [1.165, 1.54) is 11.6 Å². The molecule has 0 spiro atoms. The minimum Gasteiger partial charge on any atom is -0.326 e. The van der Waals surface area contributed by atoms with Crippen molar-refractivity contribution < 1.29 is 4.39 Å². The van der Waals surface area contributed by atoms with Crippen molar-refractivity contribution in [3.8, 4) is 0 Å². The molecule has 2 aromatic rings. The maximum Gasteiger partial charge on any atom is 0.127 e. The van der Waals surface area contributed by atoms with Crippen molar-refractivity contribution in [3.63, 3.8) is 0 Å². The Morgan fingerprint density at radius 2 is 1.68 bits per heavy atom. The fourth-order valence-corrected chi connectivity index (χ4v) is 2.80. The van der Waals surface area contributed by atoms with Crippen LogP contribution in [-0.4, -0.2) is 0 Å². The summed E-state index contributed by atoms with van der Waals surface area (Å²) < 4.78 is 13.7. The second-order valence-corrected chi connectivity index (χ2v) is 5.67. The van der Waals surface area contributed by atoms with Gasteiger partial charge in [0.05, 0.1) is 0 Å². The van der Waals surface area contributed by atoms with Crippen LogP contribution in [0.15, 0.2) is 42.5 Å². The fourth-order valence-electron chi connectivity index (χ4n) is 1.69. The zero-order valence-electron chi connectivity index (χ0n) is 10.4. The van der Waals surface area contributed by atoms with Crippen LogP contribution < -0.4 is 5.73 Å². The average molecular weight is 296 g/mol. The zero-order valence-corrected chi connectivity index (χ0v) is 12.0. The number of nitrogens with two attached hydrogens (primary N) is 1. The molecular formula is C15H15ClFNS. The molecule has 0 saturated heterocycles. The molecule has 19 heavy (non-hydrogen) atoms. The van der Waals surface area contributed by atoms with Gasteiger partial charge in [0.1, 0.15) is 5.82 Å². The minimum absolute atomic E-state index is 0.174. The van der Waals surface area contributed by atoms with Gasteiger partial charge in [0.25, 0.3) is 0 Å². The zero-order chi connectivity index (χ0) is 13.7. The molecule has 0 fully saturated rings. The standard InChI is InChI=1S/C15H15ClFNS/c16-14-5-2-11(3-6-14)9-19-10-13-4-1-12(8-18)7-15(13)17/h1-7H,8-10,18H2. The Morgan fingerprint density at radius 3 is 2.32 bits per heavy atom. The lowest BCUT2D eigenvalue weighted by atomic mass is 10.1. The van der Waals surface area contributed by atoms with E-state index in [2.05, 4.69) is 0 Å². The van der Waals surface area contributed by atoms with Gasteiger partial charge in [0, 0.05) is 23.1 Å². The lowest BCUT2D eigenvalue weighted by Gasteiger charge is -2.05. The molecule has 0 amide bonds. The first kappa shape index (κ1) is 14.4. The van der Waals surface area contributed by atoms with Crippen molar-refractivity contribution in [3.05, 3.63) is 70.0 Å². The molecule has 0 saturated carbocycles. The molecule has 0 radical (unpaired) electrons. The third kappa shape index (κ3) is 4.23. The predicted molar refractivity (Wildman–Crippen MR) is 80.7 cm³/mol. The third-order valence-corrected chi connectivity index (χ3v) is 4.10. The Morgan fingerprint density at radius 1 is 1.00 bits per heavy atom. The summed E-state index contributed by atoms with van der Waals surface area (Å²) in [6.07, 6.45) is 0. The second-order valence-electron chi connectivity index (χ2n) is 4.25. The quantitative estimate of drug-likeness (QED) is 0.886. The molecule has 0 aliphatic heterocycles. The van der Waals surface area contributed by atoms with E-state index >= 15 is 0 Å². The first-order valence-corrected chi connectivity index (χ1v) is 7.52. The van der Waals surface area contributed by atoms with E-state index in [0.29, 0.717) is 12.3 Å². The molecular weight excluding hydrogens is 281 g/mol. The molecule has 100 valence electrons. The van der Waals surface area contributed by atoms with E-state index < -0.39 is 0 Å². The summed E-state index contributed by atoms with van der Waals surface area (Å²) in [4.78, 5) is 0.